The number of halogens is 1. The quantitative estimate of drug-likeness (QED) is 0.385. The predicted octanol–water partition coefficient (Wildman–Crippen LogP) is 3.92. The molecule has 1 aromatic carbocycles. The molecule has 0 saturated carbocycles. The van der Waals surface area contributed by atoms with E-state index in [4.69, 9.17) is 14.5 Å². The molecule has 1 unspecified atom stereocenters. The Balaban J connectivity index is 0.00000338. The molecule has 1 aliphatic heterocycles. The molecule has 1 fully saturated rings. The van der Waals surface area contributed by atoms with E-state index in [0.29, 0.717) is 12.5 Å². The molecule has 1 aliphatic rings. The Hall–Kier alpha value is -1.02. The summed E-state index contributed by atoms with van der Waals surface area (Å²) in [5.41, 5.74) is 0.896. The minimum absolute atomic E-state index is 0. The highest BCUT2D eigenvalue weighted by Crippen LogP contribution is 2.24. The summed E-state index contributed by atoms with van der Waals surface area (Å²) in [7, 11) is 1.77. The van der Waals surface area contributed by atoms with Crippen LogP contribution in [0.3, 0.4) is 0 Å². The maximum atomic E-state index is 6.08. The van der Waals surface area contributed by atoms with Crippen molar-refractivity contribution in [3.05, 3.63) is 29.8 Å². The van der Waals surface area contributed by atoms with Gasteiger partial charge in [0, 0.05) is 38.2 Å². The van der Waals surface area contributed by atoms with Gasteiger partial charge < -0.3 is 19.7 Å². The highest BCUT2D eigenvalue weighted by atomic mass is 127. The molecular weight excluding hydrogens is 441 g/mol. The van der Waals surface area contributed by atoms with E-state index < -0.39 is 0 Å². The lowest BCUT2D eigenvalue weighted by Gasteiger charge is -2.24. The second-order valence-electron chi connectivity index (χ2n) is 7.55. The molecule has 1 saturated heterocycles. The minimum atomic E-state index is -0.216. The number of benzene rings is 1. The topological polar surface area (TPSA) is 46.1 Å². The normalized spacial score (nSPS) is 17.8. The van der Waals surface area contributed by atoms with E-state index in [2.05, 4.69) is 44.0 Å². The van der Waals surface area contributed by atoms with E-state index in [9.17, 15) is 0 Å². The predicted molar refractivity (Wildman–Crippen MR) is 119 cm³/mol. The van der Waals surface area contributed by atoms with Crippen molar-refractivity contribution in [3.63, 3.8) is 0 Å². The number of para-hydroxylation sites is 1. The van der Waals surface area contributed by atoms with E-state index >= 15 is 0 Å². The Labute approximate surface area is 175 Å². The van der Waals surface area contributed by atoms with Crippen LogP contribution < -0.4 is 10.1 Å². The van der Waals surface area contributed by atoms with Gasteiger partial charge in [-0.1, -0.05) is 18.2 Å². The van der Waals surface area contributed by atoms with E-state index in [0.717, 1.165) is 49.9 Å². The fourth-order valence-electron chi connectivity index (χ4n) is 3.05. The van der Waals surface area contributed by atoms with E-state index in [1.165, 1.54) is 0 Å². The van der Waals surface area contributed by atoms with Gasteiger partial charge in [-0.25, -0.2) is 4.99 Å². The average Bonchev–Trinajstić information content (AvgIpc) is 3.00. The molecule has 0 amide bonds. The van der Waals surface area contributed by atoms with Crippen LogP contribution in [0.2, 0.25) is 0 Å². The SMILES string of the molecule is CCNC(=NCc1ccccc1OC(C)(C)C)N1CCC(COC)C1.I. The molecule has 148 valence electrons. The van der Waals surface area contributed by atoms with E-state index in [1.807, 2.05) is 18.2 Å². The van der Waals surface area contributed by atoms with Gasteiger partial charge in [0.15, 0.2) is 5.96 Å². The largest absolute Gasteiger partial charge is 0.488 e. The van der Waals surface area contributed by atoms with Crippen molar-refractivity contribution < 1.29 is 9.47 Å². The van der Waals surface area contributed by atoms with Crippen molar-refractivity contribution in [2.45, 2.75) is 46.3 Å². The summed E-state index contributed by atoms with van der Waals surface area (Å²) in [6.45, 7) is 12.6. The monoisotopic (exact) mass is 475 g/mol. The van der Waals surface area contributed by atoms with Crippen LogP contribution in [0.25, 0.3) is 0 Å². The van der Waals surface area contributed by atoms with Crippen molar-refractivity contribution >= 4 is 29.9 Å². The van der Waals surface area contributed by atoms with Gasteiger partial charge in [-0.3, -0.25) is 0 Å². The van der Waals surface area contributed by atoms with Crippen molar-refractivity contribution in [2.75, 3.05) is 33.4 Å². The standard InChI is InChI=1S/C20H33N3O2.HI/c1-6-21-19(23-12-11-16(14-23)15-24-5)22-13-17-9-7-8-10-18(17)25-20(2,3)4;/h7-10,16H,6,11-15H2,1-5H3,(H,21,22);1H. The molecule has 1 aromatic rings. The maximum Gasteiger partial charge on any atom is 0.194 e. The third-order valence-corrected chi connectivity index (χ3v) is 4.11. The lowest BCUT2D eigenvalue weighted by molar-refractivity contribution is 0.129. The number of nitrogens with one attached hydrogen (secondary N) is 1. The Bertz CT molecular complexity index is 572. The summed E-state index contributed by atoms with van der Waals surface area (Å²) >= 11 is 0. The number of ether oxygens (including phenoxy) is 2. The van der Waals surface area contributed by atoms with Crippen LogP contribution in [0, 0.1) is 5.92 Å². The summed E-state index contributed by atoms with van der Waals surface area (Å²) in [5.74, 6) is 2.48. The molecule has 0 bridgehead atoms. The van der Waals surface area contributed by atoms with Crippen LogP contribution in [0.1, 0.15) is 39.7 Å². The van der Waals surface area contributed by atoms with E-state index in [1.54, 1.807) is 7.11 Å². The van der Waals surface area contributed by atoms with Crippen molar-refractivity contribution in [1.29, 1.82) is 0 Å². The first-order valence-electron chi connectivity index (χ1n) is 9.22. The average molecular weight is 475 g/mol. The van der Waals surface area contributed by atoms with E-state index in [-0.39, 0.29) is 29.6 Å². The maximum absolute atomic E-state index is 6.08. The molecular formula is C20H34IN3O2. The molecule has 0 spiro atoms. The minimum Gasteiger partial charge on any atom is -0.488 e. The summed E-state index contributed by atoms with van der Waals surface area (Å²) in [5, 5.41) is 3.42. The zero-order valence-electron chi connectivity index (χ0n) is 16.7. The summed E-state index contributed by atoms with van der Waals surface area (Å²) in [6, 6.07) is 8.16. The second kappa shape index (κ2) is 11.0. The van der Waals surface area contributed by atoms with Crippen LogP contribution in [-0.4, -0.2) is 49.8 Å². The van der Waals surface area contributed by atoms with Crippen LogP contribution in [-0.2, 0) is 11.3 Å². The highest BCUT2D eigenvalue weighted by Gasteiger charge is 2.24. The van der Waals surface area contributed by atoms with Gasteiger partial charge in [0.1, 0.15) is 11.4 Å². The number of aliphatic imine (C=N–C) groups is 1. The van der Waals surface area contributed by atoms with Crippen molar-refractivity contribution in [3.8, 4) is 5.75 Å². The molecule has 1 N–H and O–H groups in total. The Morgan fingerprint density at radius 1 is 1.31 bits per heavy atom. The van der Waals surface area contributed by atoms with Crippen molar-refractivity contribution in [1.82, 2.24) is 10.2 Å². The first-order chi connectivity index (χ1) is 11.9. The number of likely N-dealkylation sites (tertiary alicyclic amines) is 1. The lowest BCUT2D eigenvalue weighted by Crippen LogP contribution is -2.40. The van der Waals surface area contributed by atoms with Crippen LogP contribution in [0.4, 0.5) is 0 Å². The van der Waals surface area contributed by atoms with Gasteiger partial charge in [-0.2, -0.15) is 0 Å². The molecule has 1 heterocycles. The lowest BCUT2D eigenvalue weighted by atomic mass is 10.1. The van der Waals surface area contributed by atoms with Gasteiger partial charge in [-0.15, -0.1) is 24.0 Å². The van der Waals surface area contributed by atoms with Gasteiger partial charge in [-0.05, 0) is 40.2 Å². The molecule has 5 nitrogen and oxygen atoms in total. The number of hydrogen-bond acceptors (Lipinski definition) is 3. The molecule has 0 radical (unpaired) electrons. The van der Waals surface area contributed by atoms with Gasteiger partial charge >= 0.3 is 0 Å². The van der Waals surface area contributed by atoms with Crippen LogP contribution in [0.15, 0.2) is 29.3 Å². The summed E-state index contributed by atoms with van der Waals surface area (Å²) < 4.78 is 11.4. The molecule has 0 aromatic heterocycles. The molecule has 26 heavy (non-hydrogen) atoms. The fourth-order valence-corrected chi connectivity index (χ4v) is 3.05. The van der Waals surface area contributed by atoms with Gasteiger partial charge in [0.25, 0.3) is 0 Å². The smallest absolute Gasteiger partial charge is 0.194 e. The molecule has 0 aliphatic carbocycles. The molecule has 1 atom stereocenters. The first-order valence-corrected chi connectivity index (χ1v) is 9.22. The van der Waals surface area contributed by atoms with Crippen molar-refractivity contribution in [2.24, 2.45) is 10.9 Å². The Morgan fingerprint density at radius 3 is 2.69 bits per heavy atom. The third-order valence-electron chi connectivity index (χ3n) is 4.11. The number of guanidine groups is 1. The van der Waals surface area contributed by atoms with Crippen LogP contribution >= 0.6 is 24.0 Å². The fraction of sp³-hybridized carbons (Fsp3) is 0.650. The number of nitrogens with zero attached hydrogens (tertiary/aromatic N) is 2. The second-order valence-corrected chi connectivity index (χ2v) is 7.55. The number of hydrogen-bond donors (Lipinski definition) is 1. The number of methoxy groups -OCH3 is 1. The van der Waals surface area contributed by atoms with Gasteiger partial charge in [0.05, 0.1) is 13.2 Å². The van der Waals surface area contributed by atoms with Gasteiger partial charge in [0.2, 0.25) is 0 Å². The van der Waals surface area contributed by atoms with Crippen LogP contribution in [0.5, 0.6) is 5.75 Å². The summed E-state index contributed by atoms with van der Waals surface area (Å²) in [6.07, 6.45) is 1.15. The zero-order chi connectivity index (χ0) is 18.3. The molecule has 2 rings (SSSR count). The Kier molecular flexibility index (Phi) is 9.71. The Morgan fingerprint density at radius 2 is 2.04 bits per heavy atom. The number of rotatable bonds is 6. The third kappa shape index (κ3) is 7.31. The zero-order valence-corrected chi connectivity index (χ0v) is 19.1. The molecule has 6 heteroatoms. The highest BCUT2D eigenvalue weighted by molar-refractivity contribution is 14.0. The summed E-state index contributed by atoms with van der Waals surface area (Å²) in [4.78, 5) is 7.20. The first kappa shape index (κ1) is 23.0.